The van der Waals surface area contributed by atoms with Gasteiger partial charge in [-0.25, -0.2) is 0 Å². The van der Waals surface area contributed by atoms with E-state index < -0.39 is 0 Å². The molecular formula is C16H18ClNO. The largest absolute Gasteiger partial charge is 0.456 e. The molecule has 0 atom stereocenters. The number of hydrogen-bond donors (Lipinski definition) is 1. The van der Waals surface area contributed by atoms with E-state index >= 15 is 0 Å². The molecule has 0 aromatic heterocycles. The third kappa shape index (κ3) is 3.49. The van der Waals surface area contributed by atoms with Gasteiger partial charge in [0, 0.05) is 6.54 Å². The van der Waals surface area contributed by atoms with Crippen LogP contribution in [0.3, 0.4) is 0 Å². The molecule has 2 nitrogen and oxygen atoms in total. The molecular weight excluding hydrogens is 258 g/mol. The van der Waals surface area contributed by atoms with Gasteiger partial charge in [0.25, 0.3) is 0 Å². The summed E-state index contributed by atoms with van der Waals surface area (Å²) in [5.74, 6) is 1.50. The van der Waals surface area contributed by atoms with Gasteiger partial charge in [-0.1, -0.05) is 23.7 Å². The van der Waals surface area contributed by atoms with Crippen molar-refractivity contribution in [3.8, 4) is 11.5 Å². The summed E-state index contributed by atoms with van der Waals surface area (Å²) in [5, 5.41) is 3.73. The molecule has 1 N–H and O–H groups in total. The Balaban J connectivity index is 2.20. The summed E-state index contributed by atoms with van der Waals surface area (Å²) in [7, 11) is 1.91. The minimum Gasteiger partial charge on any atom is -0.456 e. The Kier molecular flexibility index (Phi) is 4.46. The van der Waals surface area contributed by atoms with Crippen molar-refractivity contribution in [1.82, 2.24) is 5.32 Å². The van der Waals surface area contributed by atoms with Gasteiger partial charge in [-0.3, -0.25) is 0 Å². The maximum absolute atomic E-state index is 6.23. The lowest BCUT2D eigenvalue weighted by molar-refractivity contribution is 0.482. The highest BCUT2D eigenvalue weighted by Crippen LogP contribution is 2.30. The maximum Gasteiger partial charge on any atom is 0.146 e. The van der Waals surface area contributed by atoms with Gasteiger partial charge < -0.3 is 10.1 Å². The van der Waals surface area contributed by atoms with Crippen LogP contribution >= 0.6 is 11.6 Å². The molecule has 0 spiro atoms. The Bertz CT molecular complexity index is 581. The van der Waals surface area contributed by atoms with Crippen molar-refractivity contribution in [3.05, 3.63) is 58.1 Å². The Morgan fingerprint density at radius 2 is 1.84 bits per heavy atom. The van der Waals surface area contributed by atoms with Gasteiger partial charge in [0.1, 0.15) is 11.5 Å². The van der Waals surface area contributed by atoms with Crippen LogP contribution in [0.25, 0.3) is 0 Å². The number of hydrogen-bond acceptors (Lipinski definition) is 2. The predicted octanol–water partition coefficient (Wildman–Crippen LogP) is 4.47. The van der Waals surface area contributed by atoms with Gasteiger partial charge >= 0.3 is 0 Å². The lowest BCUT2D eigenvalue weighted by Crippen LogP contribution is -2.04. The molecule has 0 aliphatic rings. The van der Waals surface area contributed by atoms with Crippen molar-refractivity contribution in [2.45, 2.75) is 20.4 Å². The van der Waals surface area contributed by atoms with Crippen LogP contribution in [0, 0.1) is 13.8 Å². The third-order valence-electron chi connectivity index (χ3n) is 3.08. The average molecular weight is 276 g/mol. The summed E-state index contributed by atoms with van der Waals surface area (Å²) in [5.41, 5.74) is 3.60. The van der Waals surface area contributed by atoms with Crippen molar-refractivity contribution < 1.29 is 4.74 Å². The smallest absolute Gasteiger partial charge is 0.146 e. The number of benzene rings is 2. The Hall–Kier alpha value is -1.51. The van der Waals surface area contributed by atoms with E-state index in [1.807, 2.05) is 43.4 Å². The number of aryl methyl sites for hydroxylation is 2. The number of rotatable bonds is 4. The van der Waals surface area contributed by atoms with E-state index in [9.17, 15) is 0 Å². The molecule has 2 rings (SSSR count). The highest BCUT2D eigenvalue weighted by molar-refractivity contribution is 6.32. The number of halogens is 1. The summed E-state index contributed by atoms with van der Waals surface area (Å²) in [6, 6.07) is 11.9. The third-order valence-corrected chi connectivity index (χ3v) is 3.38. The minimum absolute atomic E-state index is 0.631. The van der Waals surface area contributed by atoms with Crippen LogP contribution in [-0.2, 0) is 6.54 Å². The Morgan fingerprint density at radius 1 is 1.05 bits per heavy atom. The minimum atomic E-state index is 0.631. The molecule has 0 aliphatic heterocycles. The van der Waals surface area contributed by atoms with Crippen molar-refractivity contribution in [1.29, 1.82) is 0 Å². The van der Waals surface area contributed by atoms with Crippen LogP contribution in [0.1, 0.15) is 16.7 Å². The first-order valence-electron chi connectivity index (χ1n) is 6.28. The van der Waals surface area contributed by atoms with E-state index in [1.165, 1.54) is 11.1 Å². The molecule has 0 heterocycles. The molecule has 0 radical (unpaired) electrons. The zero-order valence-electron chi connectivity index (χ0n) is 11.5. The lowest BCUT2D eigenvalue weighted by Gasteiger charge is -2.10. The average Bonchev–Trinajstić information content (AvgIpc) is 2.37. The Labute approximate surface area is 119 Å². The molecule has 3 heteroatoms. The predicted molar refractivity (Wildman–Crippen MR) is 80.2 cm³/mol. The van der Waals surface area contributed by atoms with Crippen LogP contribution in [0.5, 0.6) is 11.5 Å². The van der Waals surface area contributed by atoms with Gasteiger partial charge in [0.05, 0.1) is 5.02 Å². The molecule has 0 saturated carbocycles. The standard InChI is InChI=1S/C16H18ClNO/c1-11-4-6-14(8-12(11)2)19-16-7-5-13(10-18-3)9-15(16)17/h4-9,18H,10H2,1-3H3. The fourth-order valence-corrected chi connectivity index (χ4v) is 2.09. The quantitative estimate of drug-likeness (QED) is 0.889. The molecule has 0 fully saturated rings. The second-order valence-corrected chi connectivity index (χ2v) is 5.05. The van der Waals surface area contributed by atoms with Crippen molar-refractivity contribution >= 4 is 11.6 Å². The van der Waals surface area contributed by atoms with E-state index in [0.29, 0.717) is 10.8 Å². The van der Waals surface area contributed by atoms with Crippen LogP contribution < -0.4 is 10.1 Å². The van der Waals surface area contributed by atoms with Crippen LogP contribution in [0.2, 0.25) is 5.02 Å². The maximum atomic E-state index is 6.23. The molecule has 2 aromatic carbocycles. The lowest BCUT2D eigenvalue weighted by atomic mass is 10.1. The normalized spacial score (nSPS) is 10.5. The first-order valence-corrected chi connectivity index (χ1v) is 6.66. The van der Waals surface area contributed by atoms with E-state index in [2.05, 4.69) is 19.2 Å². The summed E-state index contributed by atoms with van der Waals surface area (Å²) >= 11 is 6.23. The highest BCUT2D eigenvalue weighted by atomic mass is 35.5. The monoisotopic (exact) mass is 275 g/mol. The highest BCUT2D eigenvalue weighted by Gasteiger charge is 2.05. The molecule has 0 amide bonds. The second-order valence-electron chi connectivity index (χ2n) is 4.64. The van der Waals surface area contributed by atoms with E-state index in [1.54, 1.807) is 0 Å². The summed E-state index contributed by atoms with van der Waals surface area (Å²) in [6.07, 6.45) is 0. The number of nitrogens with one attached hydrogen (secondary N) is 1. The molecule has 2 aromatic rings. The van der Waals surface area contributed by atoms with Gasteiger partial charge in [-0.05, 0) is 61.9 Å². The number of ether oxygens (including phenoxy) is 1. The fraction of sp³-hybridized carbons (Fsp3) is 0.250. The summed E-state index contributed by atoms with van der Waals surface area (Å²) < 4.78 is 5.83. The van der Waals surface area contributed by atoms with Crippen molar-refractivity contribution in [2.75, 3.05) is 7.05 Å². The molecule has 0 saturated heterocycles. The molecule has 0 aliphatic carbocycles. The van der Waals surface area contributed by atoms with Crippen LogP contribution in [0.15, 0.2) is 36.4 Å². The first-order chi connectivity index (χ1) is 9.10. The van der Waals surface area contributed by atoms with Gasteiger partial charge in [-0.15, -0.1) is 0 Å². The zero-order valence-corrected chi connectivity index (χ0v) is 12.2. The van der Waals surface area contributed by atoms with Gasteiger partial charge in [-0.2, -0.15) is 0 Å². The van der Waals surface area contributed by atoms with Crippen molar-refractivity contribution in [2.24, 2.45) is 0 Å². The molecule has 0 bridgehead atoms. The first kappa shape index (κ1) is 13.9. The summed E-state index contributed by atoms with van der Waals surface area (Å²) in [4.78, 5) is 0. The van der Waals surface area contributed by atoms with Crippen LogP contribution in [-0.4, -0.2) is 7.05 Å². The van der Waals surface area contributed by atoms with Gasteiger partial charge in [0.2, 0.25) is 0 Å². The van der Waals surface area contributed by atoms with E-state index in [4.69, 9.17) is 16.3 Å². The van der Waals surface area contributed by atoms with Crippen LogP contribution in [0.4, 0.5) is 0 Å². The second kappa shape index (κ2) is 6.09. The van der Waals surface area contributed by atoms with Crippen molar-refractivity contribution in [3.63, 3.8) is 0 Å². The molecule has 0 unspecified atom stereocenters. The summed E-state index contributed by atoms with van der Waals surface area (Å²) in [6.45, 7) is 4.95. The fourth-order valence-electron chi connectivity index (χ4n) is 1.85. The van der Waals surface area contributed by atoms with E-state index in [-0.39, 0.29) is 0 Å². The SMILES string of the molecule is CNCc1ccc(Oc2ccc(C)c(C)c2)c(Cl)c1. The topological polar surface area (TPSA) is 21.3 Å². The van der Waals surface area contributed by atoms with Gasteiger partial charge in [0.15, 0.2) is 0 Å². The molecule has 19 heavy (non-hydrogen) atoms. The Morgan fingerprint density at radius 3 is 2.47 bits per heavy atom. The zero-order chi connectivity index (χ0) is 13.8. The van der Waals surface area contributed by atoms with E-state index in [0.717, 1.165) is 17.9 Å². The molecule has 100 valence electrons.